The van der Waals surface area contributed by atoms with Crippen molar-refractivity contribution in [3.63, 3.8) is 0 Å². The maximum atomic E-state index is 12.6. The monoisotopic (exact) mass is 436 g/mol. The summed E-state index contributed by atoms with van der Waals surface area (Å²) in [7, 11) is 1.58. The number of nitrogens with one attached hydrogen (secondary N) is 1. The number of aromatic nitrogens is 3. The van der Waals surface area contributed by atoms with E-state index in [9.17, 15) is 9.59 Å². The van der Waals surface area contributed by atoms with Gasteiger partial charge in [-0.05, 0) is 49.4 Å². The van der Waals surface area contributed by atoms with Gasteiger partial charge in [-0.1, -0.05) is 30.3 Å². The molecule has 3 aromatic rings. The number of hydrogen-bond acceptors (Lipinski definition) is 5. The Morgan fingerprint density at radius 2 is 1.78 bits per heavy atom. The number of H-pyrrole nitrogens is 1. The van der Waals surface area contributed by atoms with Gasteiger partial charge in [0.25, 0.3) is 5.91 Å². The summed E-state index contributed by atoms with van der Waals surface area (Å²) in [4.78, 5) is 26.8. The van der Waals surface area contributed by atoms with E-state index in [0.717, 1.165) is 29.9 Å². The van der Waals surface area contributed by atoms with Crippen LogP contribution < -0.4 is 15.2 Å². The fraction of sp³-hybridized carbons (Fsp3) is 0.375. The van der Waals surface area contributed by atoms with Gasteiger partial charge in [-0.25, -0.2) is 14.5 Å². The normalized spacial score (nSPS) is 14.4. The minimum Gasteiger partial charge on any atom is -0.493 e. The first kappa shape index (κ1) is 21.7. The molecule has 8 nitrogen and oxygen atoms in total. The zero-order chi connectivity index (χ0) is 22.5. The van der Waals surface area contributed by atoms with Crippen molar-refractivity contribution in [2.75, 3.05) is 26.8 Å². The van der Waals surface area contributed by atoms with Crippen LogP contribution >= 0.6 is 0 Å². The Balaban J connectivity index is 1.34. The molecule has 1 aromatic heterocycles. The van der Waals surface area contributed by atoms with Crippen molar-refractivity contribution in [2.24, 2.45) is 5.92 Å². The number of piperidine rings is 1. The first-order chi connectivity index (χ1) is 15.6. The maximum Gasteiger partial charge on any atom is 0.347 e. The number of benzene rings is 2. The van der Waals surface area contributed by atoms with E-state index in [1.807, 2.05) is 48.2 Å². The van der Waals surface area contributed by atoms with Gasteiger partial charge in [-0.15, -0.1) is 0 Å². The summed E-state index contributed by atoms with van der Waals surface area (Å²) in [5.41, 5.74) is 1.64. The Kier molecular flexibility index (Phi) is 6.58. The minimum atomic E-state index is -0.226. The van der Waals surface area contributed by atoms with Crippen LogP contribution in [0.15, 0.2) is 53.3 Å². The molecular formula is C24H28N4O4. The smallest absolute Gasteiger partial charge is 0.347 e. The molecule has 32 heavy (non-hydrogen) atoms. The first-order valence-electron chi connectivity index (χ1n) is 10.8. The molecule has 4 rings (SSSR count). The molecular weight excluding hydrogens is 408 g/mol. The van der Waals surface area contributed by atoms with Crippen molar-refractivity contribution in [2.45, 2.75) is 26.2 Å². The van der Waals surface area contributed by atoms with Crippen LogP contribution in [0.1, 0.15) is 24.2 Å². The van der Waals surface area contributed by atoms with Gasteiger partial charge in [-0.2, -0.15) is 5.10 Å². The Labute approximate surface area is 186 Å². The molecule has 2 heterocycles. The number of aromatic amines is 1. The van der Waals surface area contributed by atoms with E-state index in [1.165, 1.54) is 0 Å². The summed E-state index contributed by atoms with van der Waals surface area (Å²) in [5, 5.41) is 6.86. The third-order valence-electron chi connectivity index (χ3n) is 5.96. The van der Waals surface area contributed by atoms with E-state index in [0.29, 0.717) is 36.9 Å². The lowest BCUT2D eigenvalue weighted by molar-refractivity contribution is -0.134. The van der Waals surface area contributed by atoms with E-state index in [1.54, 1.807) is 23.8 Å². The van der Waals surface area contributed by atoms with Crippen molar-refractivity contribution in [3.8, 4) is 17.2 Å². The van der Waals surface area contributed by atoms with Crippen molar-refractivity contribution in [1.29, 1.82) is 0 Å². The molecule has 0 saturated carbocycles. The molecule has 8 heteroatoms. The summed E-state index contributed by atoms with van der Waals surface area (Å²) in [6.45, 7) is 3.29. The zero-order valence-electron chi connectivity index (χ0n) is 18.4. The van der Waals surface area contributed by atoms with Crippen molar-refractivity contribution in [3.05, 3.63) is 70.4 Å². The molecule has 1 amide bonds. The SMILES string of the molecule is COc1ccccc1OCC(=O)N1CCC(Cc2n[nH]c(=O)n2-c2ccccc2C)CC1. The number of nitrogens with zero attached hydrogens (tertiary/aromatic N) is 3. The number of aryl methyl sites for hydroxylation is 1. The number of methoxy groups -OCH3 is 1. The molecule has 0 atom stereocenters. The molecule has 1 aliphatic heterocycles. The summed E-state index contributed by atoms with van der Waals surface area (Å²) in [6, 6.07) is 15.1. The Hall–Kier alpha value is -3.55. The average Bonchev–Trinajstić information content (AvgIpc) is 3.18. The zero-order valence-corrected chi connectivity index (χ0v) is 18.4. The largest absolute Gasteiger partial charge is 0.493 e. The molecule has 168 valence electrons. The number of ether oxygens (including phenoxy) is 2. The number of rotatable bonds is 7. The van der Waals surface area contributed by atoms with Gasteiger partial charge in [0.2, 0.25) is 0 Å². The van der Waals surface area contributed by atoms with Crippen molar-refractivity contribution in [1.82, 2.24) is 19.7 Å². The van der Waals surface area contributed by atoms with Crippen LogP contribution in [0, 0.1) is 12.8 Å². The molecule has 1 aliphatic rings. The molecule has 0 bridgehead atoms. The second-order valence-corrected chi connectivity index (χ2v) is 8.03. The topological polar surface area (TPSA) is 89.5 Å². The van der Waals surface area contributed by atoms with Crippen LogP contribution in [0.25, 0.3) is 5.69 Å². The summed E-state index contributed by atoms with van der Waals surface area (Å²) in [6.07, 6.45) is 2.40. The quantitative estimate of drug-likeness (QED) is 0.615. The highest BCUT2D eigenvalue weighted by molar-refractivity contribution is 5.78. The predicted molar refractivity (Wildman–Crippen MR) is 120 cm³/mol. The predicted octanol–water partition coefficient (Wildman–Crippen LogP) is 2.74. The lowest BCUT2D eigenvalue weighted by Gasteiger charge is -2.31. The van der Waals surface area contributed by atoms with Crippen LogP contribution in [0.5, 0.6) is 11.5 Å². The van der Waals surface area contributed by atoms with Gasteiger partial charge in [0.05, 0.1) is 12.8 Å². The molecule has 2 aromatic carbocycles. The summed E-state index contributed by atoms with van der Waals surface area (Å²) in [5.74, 6) is 2.22. The third-order valence-corrected chi connectivity index (χ3v) is 5.96. The van der Waals surface area contributed by atoms with Gasteiger partial charge in [0.1, 0.15) is 5.82 Å². The molecule has 1 fully saturated rings. The molecule has 1 N–H and O–H groups in total. The minimum absolute atomic E-state index is 0.0166. The van der Waals surface area contributed by atoms with E-state index in [2.05, 4.69) is 10.2 Å². The number of carbonyl (C=O) groups excluding carboxylic acids is 1. The van der Waals surface area contributed by atoms with Crippen LogP contribution in [0.4, 0.5) is 0 Å². The van der Waals surface area contributed by atoms with E-state index in [4.69, 9.17) is 9.47 Å². The van der Waals surface area contributed by atoms with Gasteiger partial charge in [-0.3, -0.25) is 4.79 Å². The average molecular weight is 437 g/mol. The highest BCUT2D eigenvalue weighted by Gasteiger charge is 2.25. The van der Waals surface area contributed by atoms with E-state index >= 15 is 0 Å². The second-order valence-electron chi connectivity index (χ2n) is 8.03. The fourth-order valence-corrected chi connectivity index (χ4v) is 4.14. The van der Waals surface area contributed by atoms with Crippen molar-refractivity contribution < 1.29 is 14.3 Å². The highest BCUT2D eigenvalue weighted by atomic mass is 16.5. The lowest BCUT2D eigenvalue weighted by atomic mass is 9.93. The standard InChI is InChI=1S/C24H28N4O4/c1-17-7-3-4-8-19(17)28-22(25-26-24(28)30)15-18-11-13-27(14-12-18)23(29)16-32-21-10-6-5-9-20(21)31-2/h3-10,18H,11-16H2,1-2H3,(H,26,30). The van der Waals surface area contributed by atoms with Crippen LogP contribution in [-0.4, -0.2) is 52.4 Å². The Morgan fingerprint density at radius 3 is 2.50 bits per heavy atom. The number of amides is 1. The van der Waals surface area contributed by atoms with Crippen molar-refractivity contribution >= 4 is 5.91 Å². The molecule has 1 saturated heterocycles. The lowest BCUT2D eigenvalue weighted by Crippen LogP contribution is -2.41. The highest BCUT2D eigenvalue weighted by Crippen LogP contribution is 2.26. The number of likely N-dealkylation sites (tertiary alicyclic amines) is 1. The third kappa shape index (κ3) is 4.69. The number of hydrogen-bond donors (Lipinski definition) is 1. The molecule has 0 aliphatic carbocycles. The van der Waals surface area contributed by atoms with Gasteiger partial charge >= 0.3 is 5.69 Å². The van der Waals surface area contributed by atoms with Gasteiger partial charge < -0.3 is 14.4 Å². The van der Waals surface area contributed by atoms with Gasteiger partial charge in [0.15, 0.2) is 18.1 Å². The second kappa shape index (κ2) is 9.72. The number of carbonyl (C=O) groups is 1. The van der Waals surface area contributed by atoms with Crippen LogP contribution in [0.2, 0.25) is 0 Å². The van der Waals surface area contributed by atoms with E-state index in [-0.39, 0.29) is 18.2 Å². The van der Waals surface area contributed by atoms with E-state index < -0.39 is 0 Å². The fourth-order valence-electron chi connectivity index (χ4n) is 4.14. The Bertz CT molecular complexity index is 1130. The maximum absolute atomic E-state index is 12.6. The Morgan fingerprint density at radius 1 is 1.09 bits per heavy atom. The molecule has 0 spiro atoms. The van der Waals surface area contributed by atoms with Gasteiger partial charge in [0, 0.05) is 19.5 Å². The molecule has 0 radical (unpaired) electrons. The summed E-state index contributed by atoms with van der Waals surface area (Å²) < 4.78 is 12.6. The van der Waals surface area contributed by atoms with Crippen LogP contribution in [-0.2, 0) is 11.2 Å². The number of para-hydroxylation sites is 3. The summed E-state index contributed by atoms with van der Waals surface area (Å²) >= 11 is 0. The van der Waals surface area contributed by atoms with Crippen LogP contribution in [0.3, 0.4) is 0 Å². The molecule has 0 unspecified atom stereocenters. The first-order valence-corrected chi connectivity index (χ1v) is 10.8.